The Balaban J connectivity index is 1.67. The Morgan fingerprint density at radius 3 is 2.68 bits per heavy atom. The Kier molecular flexibility index (Phi) is 6.88. The third-order valence-corrected chi connectivity index (χ3v) is 8.15. The molecule has 1 fully saturated rings. The van der Waals surface area contributed by atoms with E-state index in [1.807, 2.05) is 49.0 Å². The molecule has 0 bridgehead atoms. The Morgan fingerprint density at radius 1 is 1.36 bits per heavy atom. The van der Waals surface area contributed by atoms with Crippen LogP contribution < -0.4 is 0 Å². The number of sulfone groups is 1. The molecule has 9 heteroatoms. The highest BCUT2D eigenvalue weighted by atomic mass is 79.9. The van der Waals surface area contributed by atoms with Gasteiger partial charge in [-0.15, -0.1) is 0 Å². The lowest BCUT2D eigenvalue weighted by molar-refractivity contribution is -0.130. The van der Waals surface area contributed by atoms with E-state index in [0.29, 0.717) is 13.0 Å². The number of carbonyl (C=O) groups is 1. The first-order valence-corrected chi connectivity index (χ1v) is 12.8. The predicted octanol–water partition coefficient (Wildman–Crippen LogP) is 3.37. The molecule has 0 radical (unpaired) electrons. The molecular weight excluding hydrogens is 462 g/mol. The van der Waals surface area contributed by atoms with Crippen molar-refractivity contribution in [3.63, 3.8) is 0 Å². The Bertz CT molecular complexity index is 942. The van der Waals surface area contributed by atoms with Crippen molar-refractivity contribution in [2.45, 2.75) is 31.0 Å². The minimum Gasteiger partial charge on any atom is -0.338 e. The van der Waals surface area contributed by atoms with Gasteiger partial charge in [0.2, 0.25) is 5.91 Å². The van der Waals surface area contributed by atoms with E-state index in [-0.39, 0.29) is 29.2 Å². The largest absolute Gasteiger partial charge is 0.338 e. The molecule has 2 heterocycles. The zero-order chi connectivity index (χ0) is 20.3. The van der Waals surface area contributed by atoms with Gasteiger partial charge >= 0.3 is 0 Å². The molecule has 0 spiro atoms. The highest BCUT2D eigenvalue weighted by molar-refractivity contribution is 9.10. The van der Waals surface area contributed by atoms with Crippen molar-refractivity contribution in [1.29, 1.82) is 0 Å². The molecule has 0 aliphatic carbocycles. The second kappa shape index (κ2) is 9.00. The number of nitrogens with zero attached hydrogens (tertiary/aromatic N) is 3. The van der Waals surface area contributed by atoms with Gasteiger partial charge in [-0.2, -0.15) is 0 Å². The lowest BCUT2D eigenvalue weighted by Crippen LogP contribution is -2.42. The normalized spacial score (nSPS) is 18.3. The maximum Gasteiger partial charge on any atom is 0.233 e. The number of rotatable bonds is 7. The van der Waals surface area contributed by atoms with Gasteiger partial charge in [-0.25, -0.2) is 13.4 Å². The molecular formula is C19H24BrN3O3S2. The van der Waals surface area contributed by atoms with E-state index in [1.165, 1.54) is 11.8 Å². The van der Waals surface area contributed by atoms with Crippen LogP contribution in [0.25, 0.3) is 11.3 Å². The van der Waals surface area contributed by atoms with E-state index < -0.39 is 9.84 Å². The summed E-state index contributed by atoms with van der Waals surface area (Å²) in [5.74, 6) is 0.483. The molecule has 1 aliphatic rings. The van der Waals surface area contributed by atoms with E-state index in [2.05, 4.69) is 20.9 Å². The first-order chi connectivity index (χ1) is 13.3. The molecule has 1 aromatic carbocycles. The standard InChI is InChI=1S/C19H24BrN3O3S2/c1-3-9-23(16-8-10-28(25,26)13-16)18(24)12-27-19-21-11-17(22(19)2)14-4-6-15(20)7-5-14/h4-7,11,16H,3,8-10,12-13H2,1-2H3/t16-/m1/s1. The van der Waals surface area contributed by atoms with Crippen LogP contribution in [-0.4, -0.2) is 58.6 Å². The fraction of sp³-hybridized carbons (Fsp3) is 0.474. The summed E-state index contributed by atoms with van der Waals surface area (Å²) in [6, 6.07) is 7.81. The van der Waals surface area contributed by atoms with E-state index in [4.69, 9.17) is 0 Å². The number of thioether (sulfide) groups is 1. The summed E-state index contributed by atoms with van der Waals surface area (Å²) in [6.07, 6.45) is 3.15. The Morgan fingerprint density at radius 2 is 2.07 bits per heavy atom. The Labute approximate surface area is 178 Å². The van der Waals surface area contributed by atoms with E-state index in [9.17, 15) is 13.2 Å². The molecule has 0 unspecified atom stereocenters. The molecule has 28 heavy (non-hydrogen) atoms. The SMILES string of the molecule is CCCN(C(=O)CSc1ncc(-c2ccc(Br)cc2)n1C)[C@@H]1CCS(=O)(=O)C1. The minimum absolute atomic E-state index is 0.0258. The number of aromatic nitrogens is 2. The number of benzene rings is 1. The van der Waals surface area contributed by atoms with Gasteiger partial charge in [0.1, 0.15) is 0 Å². The second-order valence-corrected chi connectivity index (χ2v) is 11.0. The van der Waals surface area contributed by atoms with Gasteiger partial charge in [0.25, 0.3) is 0 Å². The summed E-state index contributed by atoms with van der Waals surface area (Å²) in [4.78, 5) is 19.0. The molecule has 6 nitrogen and oxygen atoms in total. The Hall–Kier alpha value is -1.32. The molecule has 0 N–H and O–H groups in total. The van der Waals surface area contributed by atoms with Crippen LogP contribution in [0.5, 0.6) is 0 Å². The van der Waals surface area contributed by atoms with Crippen LogP contribution in [0.15, 0.2) is 40.1 Å². The van der Waals surface area contributed by atoms with Crippen molar-refractivity contribution >= 4 is 43.4 Å². The van der Waals surface area contributed by atoms with Gasteiger partial charge < -0.3 is 9.47 Å². The highest BCUT2D eigenvalue weighted by Crippen LogP contribution is 2.27. The molecule has 3 rings (SSSR count). The van der Waals surface area contributed by atoms with E-state index in [1.54, 1.807) is 4.90 Å². The minimum atomic E-state index is -3.02. The first kappa shape index (κ1) is 21.4. The molecule has 1 aliphatic heterocycles. The van der Waals surface area contributed by atoms with Gasteiger partial charge in [0.05, 0.1) is 29.1 Å². The highest BCUT2D eigenvalue weighted by Gasteiger charge is 2.34. The van der Waals surface area contributed by atoms with Crippen LogP contribution in [0, 0.1) is 0 Å². The number of hydrogen-bond donors (Lipinski definition) is 0. The van der Waals surface area contributed by atoms with Crippen molar-refractivity contribution in [2.24, 2.45) is 7.05 Å². The average molecular weight is 486 g/mol. The number of amides is 1. The second-order valence-electron chi connectivity index (χ2n) is 6.92. The van der Waals surface area contributed by atoms with Crippen LogP contribution >= 0.6 is 27.7 Å². The van der Waals surface area contributed by atoms with Gasteiger partial charge in [0, 0.05) is 24.1 Å². The zero-order valence-electron chi connectivity index (χ0n) is 16.0. The van der Waals surface area contributed by atoms with Crippen molar-refractivity contribution in [2.75, 3.05) is 23.8 Å². The number of carbonyl (C=O) groups excluding carboxylic acids is 1. The fourth-order valence-electron chi connectivity index (χ4n) is 3.40. The molecule has 1 amide bonds. The number of halogens is 1. The first-order valence-electron chi connectivity index (χ1n) is 9.21. The summed E-state index contributed by atoms with van der Waals surface area (Å²) >= 11 is 4.83. The van der Waals surface area contributed by atoms with Crippen LogP contribution in [0.3, 0.4) is 0 Å². The van der Waals surface area contributed by atoms with Gasteiger partial charge in [0.15, 0.2) is 15.0 Å². The van der Waals surface area contributed by atoms with Gasteiger partial charge in [-0.05, 0) is 30.5 Å². The quantitative estimate of drug-likeness (QED) is 0.562. The summed E-state index contributed by atoms with van der Waals surface area (Å²) in [5, 5.41) is 0.766. The molecule has 1 atom stereocenters. The van der Waals surface area contributed by atoms with Crippen LogP contribution in [0.1, 0.15) is 19.8 Å². The zero-order valence-corrected chi connectivity index (χ0v) is 19.2. The number of imidazole rings is 1. The van der Waals surface area contributed by atoms with E-state index in [0.717, 1.165) is 27.3 Å². The van der Waals surface area contributed by atoms with Crippen LogP contribution in [0.2, 0.25) is 0 Å². The van der Waals surface area contributed by atoms with Crippen molar-refractivity contribution in [3.8, 4) is 11.3 Å². The summed E-state index contributed by atoms with van der Waals surface area (Å²) in [5.41, 5.74) is 2.04. The lowest BCUT2D eigenvalue weighted by Gasteiger charge is -2.27. The third kappa shape index (κ3) is 4.99. The molecule has 152 valence electrons. The van der Waals surface area contributed by atoms with Crippen molar-refractivity contribution < 1.29 is 13.2 Å². The van der Waals surface area contributed by atoms with Crippen molar-refractivity contribution in [3.05, 3.63) is 34.9 Å². The molecule has 1 saturated heterocycles. The smallest absolute Gasteiger partial charge is 0.233 e. The number of hydrogen-bond acceptors (Lipinski definition) is 5. The van der Waals surface area contributed by atoms with Gasteiger partial charge in [-0.3, -0.25) is 4.79 Å². The molecule has 2 aromatic rings. The molecule has 1 aromatic heterocycles. The molecule has 0 saturated carbocycles. The summed E-state index contributed by atoms with van der Waals surface area (Å²) < 4.78 is 26.6. The summed E-state index contributed by atoms with van der Waals surface area (Å²) in [6.45, 7) is 2.59. The van der Waals surface area contributed by atoms with Crippen LogP contribution in [0.4, 0.5) is 0 Å². The third-order valence-electron chi connectivity index (χ3n) is 4.84. The topological polar surface area (TPSA) is 72.3 Å². The van der Waals surface area contributed by atoms with Gasteiger partial charge in [-0.1, -0.05) is 46.7 Å². The lowest BCUT2D eigenvalue weighted by atomic mass is 10.2. The van der Waals surface area contributed by atoms with Crippen LogP contribution in [-0.2, 0) is 21.7 Å². The fourth-order valence-corrected chi connectivity index (χ4v) is 6.23. The average Bonchev–Trinajstić information content (AvgIpc) is 3.20. The predicted molar refractivity (Wildman–Crippen MR) is 116 cm³/mol. The van der Waals surface area contributed by atoms with E-state index >= 15 is 0 Å². The summed E-state index contributed by atoms with van der Waals surface area (Å²) in [7, 11) is -1.08. The maximum atomic E-state index is 12.8. The maximum absolute atomic E-state index is 12.8. The monoisotopic (exact) mass is 485 g/mol. The van der Waals surface area contributed by atoms with Crippen molar-refractivity contribution in [1.82, 2.24) is 14.5 Å².